The SMILES string of the molecule is CCOC(=O)c1ccc2c(c1)NC(=O)/C2=C(/Nc1ccc(C#N)cc1)c1ccccc1. The predicted molar refractivity (Wildman–Crippen MR) is 119 cm³/mol. The molecule has 1 heterocycles. The van der Waals surface area contributed by atoms with E-state index in [-0.39, 0.29) is 12.5 Å². The summed E-state index contributed by atoms with van der Waals surface area (Å²) in [6.45, 7) is 2.02. The summed E-state index contributed by atoms with van der Waals surface area (Å²) >= 11 is 0. The van der Waals surface area contributed by atoms with E-state index >= 15 is 0 Å². The molecule has 3 aromatic rings. The zero-order valence-corrected chi connectivity index (χ0v) is 16.8. The number of hydrogen-bond acceptors (Lipinski definition) is 5. The molecule has 0 aliphatic carbocycles. The quantitative estimate of drug-likeness (QED) is 0.472. The number of carbonyl (C=O) groups excluding carboxylic acids is 2. The Morgan fingerprint density at radius 2 is 1.77 bits per heavy atom. The number of nitrogens with zero attached hydrogens (tertiary/aromatic N) is 1. The topological polar surface area (TPSA) is 91.2 Å². The molecule has 0 saturated carbocycles. The van der Waals surface area contributed by atoms with Crippen LogP contribution in [0.1, 0.15) is 34.0 Å². The lowest BCUT2D eigenvalue weighted by molar-refractivity contribution is -0.110. The van der Waals surface area contributed by atoms with Crippen molar-refractivity contribution in [2.45, 2.75) is 6.92 Å². The molecular weight excluding hydrogens is 390 g/mol. The molecular formula is C25H19N3O3. The van der Waals surface area contributed by atoms with E-state index in [9.17, 15) is 9.59 Å². The smallest absolute Gasteiger partial charge is 0.338 e. The van der Waals surface area contributed by atoms with Crippen LogP contribution in [-0.2, 0) is 9.53 Å². The first-order chi connectivity index (χ1) is 15.1. The number of carbonyl (C=O) groups is 2. The maximum absolute atomic E-state index is 13.0. The lowest BCUT2D eigenvalue weighted by Gasteiger charge is -2.15. The number of esters is 1. The third-order valence-corrected chi connectivity index (χ3v) is 4.87. The van der Waals surface area contributed by atoms with Crippen LogP contribution in [0.4, 0.5) is 11.4 Å². The van der Waals surface area contributed by atoms with Crippen LogP contribution in [0.5, 0.6) is 0 Å². The molecule has 1 aliphatic heterocycles. The normalized spacial score (nSPS) is 13.6. The van der Waals surface area contributed by atoms with E-state index in [1.807, 2.05) is 30.3 Å². The number of benzene rings is 3. The van der Waals surface area contributed by atoms with Gasteiger partial charge in [0.25, 0.3) is 5.91 Å². The predicted octanol–water partition coefficient (Wildman–Crippen LogP) is 4.67. The van der Waals surface area contributed by atoms with E-state index in [1.165, 1.54) is 0 Å². The zero-order chi connectivity index (χ0) is 21.8. The number of hydrogen-bond donors (Lipinski definition) is 2. The Labute approximate surface area is 179 Å². The summed E-state index contributed by atoms with van der Waals surface area (Å²) in [6.07, 6.45) is 0. The van der Waals surface area contributed by atoms with Crippen LogP contribution in [0.3, 0.4) is 0 Å². The highest BCUT2D eigenvalue weighted by Gasteiger charge is 2.29. The van der Waals surface area contributed by atoms with E-state index in [0.717, 1.165) is 11.3 Å². The van der Waals surface area contributed by atoms with Gasteiger partial charge in [-0.15, -0.1) is 0 Å². The van der Waals surface area contributed by atoms with Gasteiger partial charge in [-0.2, -0.15) is 5.26 Å². The summed E-state index contributed by atoms with van der Waals surface area (Å²) < 4.78 is 5.06. The van der Waals surface area contributed by atoms with Crippen LogP contribution in [-0.4, -0.2) is 18.5 Å². The summed E-state index contributed by atoms with van der Waals surface area (Å²) in [7, 11) is 0. The Hall–Kier alpha value is -4.37. The molecule has 0 radical (unpaired) electrons. The second kappa shape index (κ2) is 8.56. The third kappa shape index (κ3) is 4.02. The molecule has 0 fully saturated rings. The van der Waals surface area contributed by atoms with Gasteiger partial charge in [-0.1, -0.05) is 36.4 Å². The van der Waals surface area contributed by atoms with Gasteiger partial charge < -0.3 is 15.4 Å². The van der Waals surface area contributed by atoms with Crippen molar-refractivity contribution < 1.29 is 14.3 Å². The molecule has 1 amide bonds. The van der Waals surface area contributed by atoms with E-state index in [1.54, 1.807) is 49.4 Å². The van der Waals surface area contributed by atoms with Gasteiger partial charge in [0.1, 0.15) is 0 Å². The first-order valence-electron chi connectivity index (χ1n) is 9.80. The average Bonchev–Trinajstić information content (AvgIpc) is 3.13. The molecule has 152 valence electrons. The maximum atomic E-state index is 13.0. The summed E-state index contributed by atoms with van der Waals surface area (Å²) in [5.74, 6) is -0.702. The molecule has 6 heteroatoms. The Balaban J connectivity index is 1.82. The number of nitrogens with one attached hydrogen (secondary N) is 2. The van der Waals surface area contributed by atoms with Crippen molar-refractivity contribution in [2.75, 3.05) is 17.2 Å². The van der Waals surface area contributed by atoms with E-state index in [0.29, 0.717) is 33.6 Å². The van der Waals surface area contributed by atoms with Crippen molar-refractivity contribution in [1.29, 1.82) is 5.26 Å². The molecule has 1 aliphatic rings. The minimum absolute atomic E-state index is 0.268. The number of ether oxygens (including phenoxy) is 1. The Morgan fingerprint density at radius 1 is 1.03 bits per heavy atom. The lowest BCUT2D eigenvalue weighted by atomic mass is 9.99. The Morgan fingerprint density at radius 3 is 2.45 bits per heavy atom. The van der Waals surface area contributed by atoms with Crippen molar-refractivity contribution in [3.05, 3.63) is 95.1 Å². The molecule has 0 bridgehead atoms. The number of rotatable bonds is 5. The van der Waals surface area contributed by atoms with Gasteiger partial charge in [-0.25, -0.2) is 4.79 Å². The standard InChI is InChI=1S/C25H19N3O3/c1-2-31-25(30)18-10-13-20-21(14-18)28-24(29)22(20)23(17-6-4-3-5-7-17)27-19-11-8-16(15-26)9-12-19/h3-14,27H,2H2,1H3,(H,28,29)/b23-22+. The minimum atomic E-state index is -0.434. The molecule has 2 N–H and O–H groups in total. The highest BCUT2D eigenvalue weighted by Crippen LogP contribution is 2.38. The van der Waals surface area contributed by atoms with Crippen LogP contribution in [0.25, 0.3) is 11.3 Å². The molecule has 0 aromatic heterocycles. The first kappa shape index (κ1) is 19.9. The summed E-state index contributed by atoms with van der Waals surface area (Å²) in [6, 6.07) is 23.7. The molecule has 0 spiro atoms. The van der Waals surface area contributed by atoms with Crippen LogP contribution in [0.15, 0.2) is 72.8 Å². The number of amides is 1. The first-order valence-corrected chi connectivity index (χ1v) is 9.80. The fourth-order valence-electron chi connectivity index (χ4n) is 3.42. The molecule has 0 atom stereocenters. The minimum Gasteiger partial charge on any atom is -0.462 e. The number of fused-ring (bicyclic) bond motifs is 1. The van der Waals surface area contributed by atoms with Crippen molar-refractivity contribution in [1.82, 2.24) is 0 Å². The van der Waals surface area contributed by atoms with Gasteiger partial charge in [-0.05, 0) is 48.9 Å². The van der Waals surface area contributed by atoms with Crippen molar-refractivity contribution in [2.24, 2.45) is 0 Å². The molecule has 3 aromatic carbocycles. The van der Waals surface area contributed by atoms with E-state index < -0.39 is 5.97 Å². The highest BCUT2D eigenvalue weighted by atomic mass is 16.5. The fraction of sp³-hybridized carbons (Fsp3) is 0.0800. The van der Waals surface area contributed by atoms with Gasteiger partial charge in [0.2, 0.25) is 0 Å². The fourth-order valence-corrected chi connectivity index (χ4v) is 3.42. The van der Waals surface area contributed by atoms with Gasteiger partial charge in [-0.3, -0.25) is 4.79 Å². The molecule has 0 unspecified atom stereocenters. The van der Waals surface area contributed by atoms with Crippen LogP contribution < -0.4 is 10.6 Å². The van der Waals surface area contributed by atoms with Gasteiger partial charge >= 0.3 is 5.97 Å². The average molecular weight is 409 g/mol. The Bertz CT molecular complexity index is 1220. The molecule has 0 saturated heterocycles. The van der Waals surface area contributed by atoms with Gasteiger partial charge in [0, 0.05) is 11.3 Å². The third-order valence-electron chi connectivity index (χ3n) is 4.87. The van der Waals surface area contributed by atoms with Gasteiger partial charge in [0.15, 0.2) is 0 Å². The summed E-state index contributed by atoms with van der Waals surface area (Å²) in [4.78, 5) is 25.0. The molecule has 4 rings (SSSR count). The lowest BCUT2D eigenvalue weighted by Crippen LogP contribution is -2.10. The molecule has 31 heavy (non-hydrogen) atoms. The van der Waals surface area contributed by atoms with Crippen molar-refractivity contribution in [3.8, 4) is 6.07 Å². The maximum Gasteiger partial charge on any atom is 0.338 e. The van der Waals surface area contributed by atoms with E-state index in [4.69, 9.17) is 10.00 Å². The van der Waals surface area contributed by atoms with Gasteiger partial charge in [0.05, 0.1) is 40.8 Å². The van der Waals surface area contributed by atoms with E-state index in [2.05, 4.69) is 16.7 Å². The summed E-state index contributed by atoms with van der Waals surface area (Å²) in [5, 5.41) is 15.2. The van der Waals surface area contributed by atoms with Crippen LogP contribution in [0.2, 0.25) is 0 Å². The second-order valence-corrected chi connectivity index (χ2v) is 6.87. The van der Waals surface area contributed by atoms with Crippen molar-refractivity contribution >= 4 is 34.5 Å². The second-order valence-electron chi connectivity index (χ2n) is 6.87. The highest BCUT2D eigenvalue weighted by molar-refractivity contribution is 6.37. The van der Waals surface area contributed by atoms with Crippen LogP contribution >= 0.6 is 0 Å². The largest absolute Gasteiger partial charge is 0.462 e. The Kier molecular flexibility index (Phi) is 5.50. The van der Waals surface area contributed by atoms with Crippen molar-refractivity contribution in [3.63, 3.8) is 0 Å². The monoisotopic (exact) mass is 409 g/mol. The number of nitriles is 1. The number of anilines is 2. The molecule has 6 nitrogen and oxygen atoms in total. The zero-order valence-electron chi connectivity index (χ0n) is 16.8. The summed E-state index contributed by atoms with van der Waals surface area (Å²) in [5.41, 5.74) is 4.86. The van der Waals surface area contributed by atoms with Crippen LogP contribution in [0, 0.1) is 11.3 Å².